The average molecular weight is 420 g/mol. The van der Waals surface area contributed by atoms with Crippen LogP contribution in [0.25, 0.3) is 11.1 Å². The predicted molar refractivity (Wildman–Crippen MR) is 82.0 cm³/mol. The van der Waals surface area contributed by atoms with Crippen molar-refractivity contribution in [3.05, 3.63) is 55.2 Å². The van der Waals surface area contributed by atoms with E-state index in [2.05, 4.69) is 94.6 Å². The van der Waals surface area contributed by atoms with Gasteiger partial charge in [0.2, 0.25) is 0 Å². The van der Waals surface area contributed by atoms with Crippen LogP contribution in [0.2, 0.25) is 0 Å². The lowest BCUT2D eigenvalue weighted by molar-refractivity contribution is 1.42. The molecule has 0 radical (unpaired) electrons. The minimum atomic E-state index is 1.29. The van der Waals surface area contributed by atoms with E-state index in [1.807, 2.05) is 0 Å². The van der Waals surface area contributed by atoms with Crippen molar-refractivity contribution in [3.63, 3.8) is 0 Å². The molecule has 0 saturated heterocycles. The Balaban J connectivity index is 2.63. The van der Waals surface area contributed by atoms with Gasteiger partial charge >= 0.3 is 0 Å². The lowest BCUT2D eigenvalue weighted by Gasteiger charge is -2.08. The normalized spacial score (nSPS) is 10.3. The van der Waals surface area contributed by atoms with Gasteiger partial charge in [-0.15, -0.1) is 0 Å². The molecule has 0 saturated carbocycles. The highest BCUT2D eigenvalue weighted by Crippen LogP contribution is 2.29. The standard InChI is InChI=1S/C13H10I2/c1-9-7-11(13(15)12(14)8-9)10-5-3-2-4-6-10/h2-8H,1H3. The molecule has 2 aromatic rings. The van der Waals surface area contributed by atoms with Gasteiger partial charge in [-0.1, -0.05) is 36.4 Å². The first kappa shape index (κ1) is 11.4. The fourth-order valence-corrected chi connectivity index (χ4v) is 2.96. The molecule has 0 N–H and O–H groups in total. The van der Waals surface area contributed by atoms with Crippen LogP contribution in [-0.2, 0) is 0 Å². The molecule has 0 aliphatic rings. The van der Waals surface area contributed by atoms with E-state index in [0.29, 0.717) is 0 Å². The molecular formula is C13H10I2. The van der Waals surface area contributed by atoms with Gasteiger partial charge in [0.15, 0.2) is 0 Å². The zero-order valence-corrected chi connectivity index (χ0v) is 12.6. The van der Waals surface area contributed by atoms with E-state index in [9.17, 15) is 0 Å². The Hall–Kier alpha value is -0.100. The molecule has 0 aromatic heterocycles. The summed E-state index contributed by atoms with van der Waals surface area (Å²) >= 11 is 4.81. The molecule has 0 spiro atoms. The molecule has 0 heterocycles. The second-order valence-electron chi connectivity index (χ2n) is 3.47. The summed E-state index contributed by atoms with van der Waals surface area (Å²) in [5.41, 5.74) is 3.95. The van der Waals surface area contributed by atoms with Crippen molar-refractivity contribution in [1.29, 1.82) is 0 Å². The molecule has 2 rings (SSSR count). The molecule has 76 valence electrons. The zero-order chi connectivity index (χ0) is 10.8. The third-order valence-electron chi connectivity index (χ3n) is 2.26. The summed E-state index contributed by atoms with van der Waals surface area (Å²) in [5, 5.41) is 0. The predicted octanol–water partition coefficient (Wildman–Crippen LogP) is 4.87. The van der Waals surface area contributed by atoms with Crippen LogP contribution in [-0.4, -0.2) is 0 Å². The van der Waals surface area contributed by atoms with E-state index in [4.69, 9.17) is 0 Å². The van der Waals surface area contributed by atoms with Gasteiger partial charge in [-0.25, -0.2) is 0 Å². The molecule has 0 amide bonds. The van der Waals surface area contributed by atoms with E-state index in [-0.39, 0.29) is 0 Å². The molecule has 2 heteroatoms. The Labute approximate surface area is 117 Å². The molecule has 0 aliphatic carbocycles. The molecular weight excluding hydrogens is 410 g/mol. The van der Waals surface area contributed by atoms with Crippen LogP contribution in [0.3, 0.4) is 0 Å². The van der Waals surface area contributed by atoms with Crippen molar-refractivity contribution < 1.29 is 0 Å². The van der Waals surface area contributed by atoms with Gasteiger partial charge in [-0.05, 0) is 74.9 Å². The Kier molecular flexibility index (Phi) is 3.66. The summed E-state index contributed by atoms with van der Waals surface area (Å²) in [6.45, 7) is 2.14. The topological polar surface area (TPSA) is 0 Å². The first-order chi connectivity index (χ1) is 7.18. The molecule has 0 fully saturated rings. The SMILES string of the molecule is Cc1cc(I)c(I)c(-c2ccccc2)c1. The van der Waals surface area contributed by atoms with E-state index < -0.39 is 0 Å². The van der Waals surface area contributed by atoms with E-state index in [1.54, 1.807) is 0 Å². The van der Waals surface area contributed by atoms with Gasteiger partial charge in [-0.2, -0.15) is 0 Å². The first-order valence-electron chi connectivity index (χ1n) is 4.69. The van der Waals surface area contributed by atoms with Gasteiger partial charge < -0.3 is 0 Å². The third kappa shape index (κ3) is 2.53. The Morgan fingerprint density at radius 2 is 1.60 bits per heavy atom. The lowest BCUT2D eigenvalue weighted by Crippen LogP contribution is -1.88. The smallest absolute Gasteiger partial charge is 0.0342 e. The Morgan fingerprint density at radius 3 is 2.27 bits per heavy atom. The van der Waals surface area contributed by atoms with Gasteiger partial charge in [0.25, 0.3) is 0 Å². The largest absolute Gasteiger partial charge is 0.0622 e. The summed E-state index contributed by atoms with van der Waals surface area (Å²) in [5.74, 6) is 0. The number of halogens is 2. The minimum Gasteiger partial charge on any atom is -0.0622 e. The van der Waals surface area contributed by atoms with Crippen LogP contribution in [0.1, 0.15) is 5.56 Å². The third-order valence-corrected chi connectivity index (χ3v) is 5.30. The Morgan fingerprint density at radius 1 is 0.933 bits per heavy atom. The lowest BCUT2D eigenvalue weighted by atomic mass is 10.0. The van der Waals surface area contributed by atoms with Gasteiger partial charge in [0.05, 0.1) is 0 Å². The quantitative estimate of drug-likeness (QED) is 0.578. The number of aryl methyl sites for hydroxylation is 1. The zero-order valence-electron chi connectivity index (χ0n) is 8.30. The average Bonchev–Trinajstić information content (AvgIpc) is 2.24. The Bertz CT molecular complexity index is 475. The monoisotopic (exact) mass is 420 g/mol. The summed E-state index contributed by atoms with van der Waals surface area (Å²) in [4.78, 5) is 0. The maximum absolute atomic E-state index is 2.42. The van der Waals surface area contributed by atoms with E-state index >= 15 is 0 Å². The van der Waals surface area contributed by atoms with Crippen molar-refractivity contribution in [3.8, 4) is 11.1 Å². The van der Waals surface area contributed by atoms with Crippen molar-refractivity contribution in [2.75, 3.05) is 0 Å². The number of hydrogen-bond donors (Lipinski definition) is 0. The van der Waals surface area contributed by atoms with Gasteiger partial charge in [0, 0.05) is 7.14 Å². The minimum absolute atomic E-state index is 1.29. The molecule has 0 nitrogen and oxygen atoms in total. The second-order valence-corrected chi connectivity index (χ2v) is 5.72. The highest BCUT2D eigenvalue weighted by molar-refractivity contribution is 14.1. The maximum atomic E-state index is 2.42. The summed E-state index contributed by atoms with van der Waals surface area (Å²) in [6, 6.07) is 15.0. The molecule has 15 heavy (non-hydrogen) atoms. The first-order valence-corrected chi connectivity index (χ1v) is 6.85. The molecule has 2 aromatic carbocycles. The molecule has 0 aliphatic heterocycles. The summed E-state index contributed by atoms with van der Waals surface area (Å²) in [7, 11) is 0. The molecule has 0 unspecified atom stereocenters. The maximum Gasteiger partial charge on any atom is 0.0342 e. The van der Waals surface area contributed by atoms with Gasteiger partial charge in [0.1, 0.15) is 0 Å². The van der Waals surface area contributed by atoms with Crippen LogP contribution in [0.15, 0.2) is 42.5 Å². The van der Waals surface area contributed by atoms with Crippen LogP contribution in [0, 0.1) is 14.1 Å². The summed E-state index contributed by atoms with van der Waals surface area (Å²) < 4.78 is 2.66. The van der Waals surface area contributed by atoms with Crippen molar-refractivity contribution >= 4 is 45.2 Å². The van der Waals surface area contributed by atoms with E-state index in [1.165, 1.54) is 23.8 Å². The van der Waals surface area contributed by atoms with Crippen LogP contribution >= 0.6 is 45.2 Å². The number of rotatable bonds is 1. The second kappa shape index (κ2) is 4.82. The van der Waals surface area contributed by atoms with Crippen LogP contribution < -0.4 is 0 Å². The van der Waals surface area contributed by atoms with Crippen molar-refractivity contribution in [2.24, 2.45) is 0 Å². The van der Waals surface area contributed by atoms with Crippen molar-refractivity contribution in [2.45, 2.75) is 6.92 Å². The van der Waals surface area contributed by atoms with Gasteiger partial charge in [-0.3, -0.25) is 0 Å². The van der Waals surface area contributed by atoms with E-state index in [0.717, 1.165) is 0 Å². The summed E-state index contributed by atoms with van der Waals surface area (Å²) in [6.07, 6.45) is 0. The van der Waals surface area contributed by atoms with Crippen molar-refractivity contribution in [1.82, 2.24) is 0 Å². The number of hydrogen-bond acceptors (Lipinski definition) is 0. The highest BCUT2D eigenvalue weighted by Gasteiger charge is 2.06. The molecule has 0 atom stereocenters. The fraction of sp³-hybridized carbons (Fsp3) is 0.0769. The van der Waals surface area contributed by atoms with Crippen LogP contribution in [0.5, 0.6) is 0 Å². The molecule has 0 bridgehead atoms. The number of benzene rings is 2. The fourth-order valence-electron chi connectivity index (χ4n) is 1.55. The highest BCUT2D eigenvalue weighted by atomic mass is 127. The van der Waals surface area contributed by atoms with Crippen LogP contribution in [0.4, 0.5) is 0 Å².